The number of hydrogen-bond donors (Lipinski definition) is 1. The highest BCUT2D eigenvalue weighted by Crippen LogP contribution is 2.41. The van der Waals surface area contributed by atoms with Gasteiger partial charge in [-0.25, -0.2) is 0 Å². The third-order valence-electron chi connectivity index (χ3n) is 5.43. The minimum atomic E-state index is 0.239. The molecule has 2 aliphatic rings. The zero-order chi connectivity index (χ0) is 14.2. The maximum absolute atomic E-state index is 6.14. The number of hydrogen-bond acceptors (Lipinski definition) is 3. The average Bonchev–Trinajstić information content (AvgIpc) is 3.14. The first kappa shape index (κ1) is 13.4. The summed E-state index contributed by atoms with van der Waals surface area (Å²) in [5.41, 5.74) is 7.12. The van der Waals surface area contributed by atoms with Gasteiger partial charge in [-0.15, -0.1) is 0 Å². The maximum atomic E-state index is 6.14. The summed E-state index contributed by atoms with van der Waals surface area (Å²) >= 11 is 0. The predicted octanol–water partition coefficient (Wildman–Crippen LogP) is 3.70. The summed E-state index contributed by atoms with van der Waals surface area (Å²) in [5.74, 6) is 1.93. The first-order chi connectivity index (χ1) is 10.4. The van der Waals surface area contributed by atoms with Crippen LogP contribution < -0.4 is 5.73 Å². The number of nitrogens with two attached hydrogens (primary N) is 1. The zero-order valence-corrected chi connectivity index (χ0v) is 12.5. The molecule has 2 N–H and O–H groups in total. The molecule has 4 rings (SSSR count). The van der Waals surface area contributed by atoms with Gasteiger partial charge in [-0.2, -0.15) is 0 Å². The summed E-state index contributed by atoms with van der Waals surface area (Å²) in [4.78, 5) is 2.64. The predicted molar refractivity (Wildman–Crippen MR) is 85.1 cm³/mol. The van der Waals surface area contributed by atoms with Gasteiger partial charge in [-0.1, -0.05) is 24.6 Å². The third-order valence-corrected chi connectivity index (χ3v) is 5.43. The molecule has 2 aromatic rings. The van der Waals surface area contributed by atoms with Crippen molar-refractivity contribution in [1.82, 2.24) is 4.90 Å². The molecule has 21 heavy (non-hydrogen) atoms. The number of rotatable bonds is 3. The summed E-state index contributed by atoms with van der Waals surface area (Å²) in [6.45, 7) is 1.81. The van der Waals surface area contributed by atoms with E-state index in [-0.39, 0.29) is 6.04 Å². The van der Waals surface area contributed by atoms with Gasteiger partial charge in [0.05, 0.1) is 6.04 Å². The molecule has 1 aromatic carbocycles. The highest BCUT2D eigenvalue weighted by molar-refractivity contribution is 5.77. The molecule has 0 radical (unpaired) electrons. The third kappa shape index (κ3) is 2.29. The molecule has 1 aliphatic heterocycles. The lowest BCUT2D eigenvalue weighted by molar-refractivity contribution is 0.0612. The van der Waals surface area contributed by atoms with Gasteiger partial charge in [-0.3, -0.25) is 4.90 Å². The molecule has 3 unspecified atom stereocenters. The summed E-state index contributed by atoms with van der Waals surface area (Å²) in [6, 6.07) is 11.4. The van der Waals surface area contributed by atoms with Crippen molar-refractivity contribution in [2.75, 3.05) is 13.1 Å². The molecule has 0 amide bonds. The molecule has 1 saturated carbocycles. The van der Waals surface area contributed by atoms with Crippen molar-refractivity contribution in [2.45, 2.75) is 44.2 Å². The van der Waals surface area contributed by atoms with Gasteiger partial charge in [0.15, 0.2) is 0 Å². The van der Waals surface area contributed by atoms with Crippen LogP contribution in [-0.4, -0.2) is 24.0 Å². The fourth-order valence-corrected chi connectivity index (χ4v) is 4.46. The van der Waals surface area contributed by atoms with E-state index in [1.165, 1.54) is 44.0 Å². The quantitative estimate of drug-likeness (QED) is 0.934. The Morgan fingerprint density at radius 1 is 1.19 bits per heavy atom. The molecule has 112 valence electrons. The molecule has 3 atom stereocenters. The summed E-state index contributed by atoms with van der Waals surface area (Å²) in [7, 11) is 0. The molecule has 2 heterocycles. The summed E-state index contributed by atoms with van der Waals surface area (Å²) in [6.07, 6.45) is 6.82. The highest BCUT2D eigenvalue weighted by Gasteiger charge is 2.39. The SMILES string of the molecule is NCC(c1cc2ccccc2o1)N1CCCC2CCCC21. The summed E-state index contributed by atoms with van der Waals surface area (Å²) < 4.78 is 6.10. The van der Waals surface area contributed by atoms with Crippen molar-refractivity contribution in [3.8, 4) is 0 Å². The van der Waals surface area contributed by atoms with Gasteiger partial charge < -0.3 is 10.2 Å². The molecular formula is C18H24N2O. The lowest BCUT2D eigenvalue weighted by Gasteiger charge is -2.41. The molecule has 3 heteroatoms. The minimum absolute atomic E-state index is 0.239. The molecule has 3 nitrogen and oxygen atoms in total. The number of piperidine rings is 1. The van der Waals surface area contributed by atoms with Crippen LogP contribution in [-0.2, 0) is 0 Å². The van der Waals surface area contributed by atoms with E-state index in [1.807, 2.05) is 12.1 Å². The van der Waals surface area contributed by atoms with E-state index in [0.717, 1.165) is 23.3 Å². The van der Waals surface area contributed by atoms with E-state index < -0.39 is 0 Å². The average molecular weight is 284 g/mol. The van der Waals surface area contributed by atoms with Crippen LogP contribution in [0, 0.1) is 5.92 Å². The van der Waals surface area contributed by atoms with E-state index in [2.05, 4.69) is 23.1 Å². The van der Waals surface area contributed by atoms with E-state index in [0.29, 0.717) is 6.54 Å². The second-order valence-corrected chi connectivity index (χ2v) is 6.58. The van der Waals surface area contributed by atoms with Crippen molar-refractivity contribution in [1.29, 1.82) is 0 Å². The smallest absolute Gasteiger partial charge is 0.134 e. The molecule has 1 aromatic heterocycles. The Hall–Kier alpha value is -1.32. The van der Waals surface area contributed by atoms with E-state index in [4.69, 9.17) is 10.2 Å². The van der Waals surface area contributed by atoms with Crippen LogP contribution in [0.2, 0.25) is 0 Å². The Kier molecular flexibility index (Phi) is 3.48. The van der Waals surface area contributed by atoms with Gasteiger partial charge in [-0.05, 0) is 50.3 Å². The molecule has 1 aliphatic carbocycles. The largest absolute Gasteiger partial charge is 0.459 e. The molecule has 2 fully saturated rings. The highest BCUT2D eigenvalue weighted by atomic mass is 16.3. The Morgan fingerprint density at radius 3 is 2.90 bits per heavy atom. The lowest BCUT2D eigenvalue weighted by Crippen LogP contribution is -2.46. The van der Waals surface area contributed by atoms with Crippen LogP contribution in [0.25, 0.3) is 11.0 Å². The maximum Gasteiger partial charge on any atom is 0.134 e. The van der Waals surface area contributed by atoms with Crippen molar-refractivity contribution in [3.05, 3.63) is 36.1 Å². The zero-order valence-electron chi connectivity index (χ0n) is 12.5. The second-order valence-electron chi connectivity index (χ2n) is 6.58. The van der Waals surface area contributed by atoms with Gasteiger partial charge >= 0.3 is 0 Å². The van der Waals surface area contributed by atoms with Crippen molar-refractivity contribution in [2.24, 2.45) is 11.7 Å². The number of para-hydroxylation sites is 1. The van der Waals surface area contributed by atoms with Crippen LogP contribution in [0.4, 0.5) is 0 Å². The molecule has 0 spiro atoms. The van der Waals surface area contributed by atoms with Crippen LogP contribution in [0.15, 0.2) is 34.7 Å². The number of fused-ring (bicyclic) bond motifs is 2. The van der Waals surface area contributed by atoms with Crippen molar-refractivity contribution in [3.63, 3.8) is 0 Å². The Labute approximate surface area is 126 Å². The Balaban J connectivity index is 1.66. The number of furan rings is 1. The topological polar surface area (TPSA) is 42.4 Å². The summed E-state index contributed by atoms with van der Waals surface area (Å²) in [5, 5.41) is 1.19. The van der Waals surface area contributed by atoms with E-state index in [1.54, 1.807) is 0 Å². The molecular weight excluding hydrogens is 260 g/mol. The first-order valence-electron chi connectivity index (χ1n) is 8.31. The van der Waals surface area contributed by atoms with Crippen LogP contribution in [0.1, 0.15) is 43.9 Å². The van der Waals surface area contributed by atoms with E-state index >= 15 is 0 Å². The van der Waals surface area contributed by atoms with E-state index in [9.17, 15) is 0 Å². The monoisotopic (exact) mass is 284 g/mol. The fraction of sp³-hybridized carbons (Fsp3) is 0.556. The standard InChI is InChI=1S/C18H24N2O/c19-12-16(18-11-14-5-1-2-9-17(14)21-18)20-10-4-7-13-6-3-8-15(13)20/h1-2,5,9,11,13,15-16H,3-4,6-8,10,12,19H2. The Bertz CT molecular complexity index is 587. The Morgan fingerprint density at radius 2 is 2.05 bits per heavy atom. The van der Waals surface area contributed by atoms with Crippen molar-refractivity contribution >= 4 is 11.0 Å². The minimum Gasteiger partial charge on any atom is -0.459 e. The normalized spacial score (nSPS) is 27.9. The van der Waals surface area contributed by atoms with Crippen molar-refractivity contribution < 1.29 is 4.42 Å². The van der Waals surface area contributed by atoms with Gasteiger partial charge in [0.2, 0.25) is 0 Å². The van der Waals surface area contributed by atoms with Gasteiger partial charge in [0.1, 0.15) is 11.3 Å². The number of likely N-dealkylation sites (tertiary alicyclic amines) is 1. The number of benzene rings is 1. The molecule has 0 bridgehead atoms. The van der Waals surface area contributed by atoms with Crippen LogP contribution in [0.5, 0.6) is 0 Å². The lowest BCUT2D eigenvalue weighted by atomic mass is 9.90. The van der Waals surface area contributed by atoms with Crippen LogP contribution >= 0.6 is 0 Å². The van der Waals surface area contributed by atoms with Gasteiger partial charge in [0, 0.05) is 18.0 Å². The number of nitrogens with zero attached hydrogens (tertiary/aromatic N) is 1. The first-order valence-corrected chi connectivity index (χ1v) is 8.31. The van der Waals surface area contributed by atoms with Gasteiger partial charge in [0.25, 0.3) is 0 Å². The fourth-order valence-electron chi connectivity index (χ4n) is 4.46. The second kappa shape index (κ2) is 5.47. The molecule has 1 saturated heterocycles. The van der Waals surface area contributed by atoms with Crippen LogP contribution in [0.3, 0.4) is 0 Å².